The summed E-state index contributed by atoms with van der Waals surface area (Å²) in [5.74, 6) is -0.0315. The van der Waals surface area contributed by atoms with Crippen molar-refractivity contribution in [2.75, 3.05) is 13.7 Å². The smallest absolute Gasteiger partial charge is 0.287 e. The minimum absolute atomic E-state index is 0.0512. The molecule has 0 aliphatic heterocycles. The van der Waals surface area contributed by atoms with E-state index in [0.717, 1.165) is 0 Å². The van der Waals surface area contributed by atoms with Gasteiger partial charge in [0.2, 0.25) is 5.91 Å². The predicted molar refractivity (Wildman–Crippen MR) is 82.2 cm³/mol. The third kappa shape index (κ3) is 4.40. The zero-order valence-electron chi connectivity index (χ0n) is 11.9. The molecule has 1 atom stereocenters. The fourth-order valence-corrected chi connectivity index (χ4v) is 2.25. The van der Waals surface area contributed by atoms with E-state index in [0.29, 0.717) is 29.7 Å². The van der Waals surface area contributed by atoms with Gasteiger partial charge in [0.05, 0.1) is 17.1 Å². The number of rotatable bonds is 8. The van der Waals surface area contributed by atoms with E-state index in [1.165, 1.54) is 6.07 Å². The maximum absolute atomic E-state index is 11.3. The number of nitro groups is 1. The summed E-state index contributed by atoms with van der Waals surface area (Å²) < 4.78 is 5.82. The van der Waals surface area contributed by atoms with Crippen molar-refractivity contribution in [3.05, 3.63) is 32.8 Å². The molecule has 0 aromatic heterocycles. The van der Waals surface area contributed by atoms with Gasteiger partial charge in [-0.05, 0) is 48.8 Å². The minimum Gasteiger partial charge on any atom is -0.492 e. The third-order valence-corrected chi connectivity index (χ3v) is 4.11. The number of halogens is 1. The lowest BCUT2D eigenvalue weighted by Crippen LogP contribution is -2.51. The summed E-state index contributed by atoms with van der Waals surface area (Å²) in [4.78, 5) is 21.7. The molecule has 8 heteroatoms. The third-order valence-electron chi connectivity index (χ3n) is 3.31. The monoisotopic (exact) mass is 359 g/mol. The van der Waals surface area contributed by atoms with E-state index in [1.54, 1.807) is 26.1 Å². The molecule has 0 saturated heterocycles. The van der Waals surface area contributed by atoms with Crippen LogP contribution in [-0.4, -0.2) is 30.0 Å². The van der Waals surface area contributed by atoms with Gasteiger partial charge in [-0.25, -0.2) is 0 Å². The van der Waals surface area contributed by atoms with Crippen LogP contribution in [0.5, 0.6) is 5.75 Å². The van der Waals surface area contributed by atoms with Crippen LogP contribution in [0.4, 0.5) is 5.69 Å². The summed E-state index contributed by atoms with van der Waals surface area (Å²) in [5, 5.41) is 13.7. The van der Waals surface area contributed by atoms with Crippen LogP contribution < -0.4 is 15.8 Å². The van der Waals surface area contributed by atoms with Crippen LogP contribution in [0.25, 0.3) is 0 Å². The second-order valence-electron chi connectivity index (χ2n) is 4.74. The molecule has 0 heterocycles. The van der Waals surface area contributed by atoms with Crippen molar-refractivity contribution in [1.29, 1.82) is 0 Å². The lowest BCUT2D eigenvalue weighted by Gasteiger charge is -2.25. The SMILES string of the molecule is CNC(C)(CCCOc1cccc([N+](=O)[O-])c1Br)C(N)=O. The Balaban J connectivity index is 2.60. The zero-order chi connectivity index (χ0) is 16.0. The number of nitrogens with two attached hydrogens (primary N) is 1. The molecule has 1 amide bonds. The van der Waals surface area contributed by atoms with E-state index >= 15 is 0 Å². The molecule has 1 aromatic carbocycles. The number of hydrogen-bond acceptors (Lipinski definition) is 5. The highest BCUT2D eigenvalue weighted by molar-refractivity contribution is 9.10. The van der Waals surface area contributed by atoms with Gasteiger partial charge in [0, 0.05) is 6.07 Å². The molecule has 21 heavy (non-hydrogen) atoms. The Kier molecular flexibility index (Phi) is 6.10. The molecule has 1 aromatic rings. The molecule has 0 aliphatic carbocycles. The molecule has 0 aliphatic rings. The van der Waals surface area contributed by atoms with Crippen LogP contribution in [-0.2, 0) is 4.79 Å². The van der Waals surface area contributed by atoms with Crippen LogP contribution in [0.3, 0.4) is 0 Å². The molecule has 0 bridgehead atoms. The second-order valence-corrected chi connectivity index (χ2v) is 5.54. The van der Waals surface area contributed by atoms with Crippen LogP contribution >= 0.6 is 15.9 Å². The summed E-state index contributed by atoms with van der Waals surface area (Å²) in [6.07, 6.45) is 1.08. The molecular weight excluding hydrogens is 342 g/mol. The van der Waals surface area contributed by atoms with E-state index in [4.69, 9.17) is 10.5 Å². The normalized spacial score (nSPS) is 13.5. The van der Waals surface area contributed by atoms with Gasteiger partial charge in [-0.2, -0.15) is 0 Å². The number of nitrogens with zero attached hydrogens (tertiary/aromatic N) is 1. The molecule has 1 unspecified atom stereocenters. The van der Waals surface area contributed by atoms with Gasteiger partial charge in [0.1, 0.15) is 10.2 Å². The Morgan fingerprint density at radius 2 is 2.24 bits per heavy atom. The summed E-state index contributed by atoms with van der Waals surface area (Å²) >= 11 is 3.16. The highest BCUT2D eigenvalue weighted by atomic mass is 79.9. The summed E-state index contributed by atoms with van der Waals surface area (Å²) in [6, 6.07) is 4.59. The predicted octanol–water partition coefficient (Wildman–Crippen LogP) is 1.98. The van der Waals surface area contributed by atoms with Gasteiger partial charge < -0.3 is 15.8 Å². The Hall–Kier alpha value is -1.67. The van der Waals surface area contributed by atoms with Gasteiger partial charge in [-0.3, -0.25) is 14.9 Å². The first kappa shape index (κ1) is 17.4. The number of nitro benzene ring substituents is 1. The van der Waals surface area contributed by atoms with Crippen molar-refractivity contribution in [3.63, 3.8) is 0 Å². The maximum atomic E-state index is 11.3. The standard InChI is InChI=1S/C13H18BrN3O4/c1-13(16-2,12(15)18)7-4-8-21-10-6-3-5-9(11(10)14)17(19)20/h3,5-6,16H,4,7-8H2,1-2H3,(H2,15,18). The highest BCUT2D eigenvalue weighted by Gasteiger charge is 2.28. The first-order valence-electron chi connectivity index (χ1n) is 6.36. The molecular formula is C13H18BrN3O4. The fraction of sp³-hybridized carbons (Fsp3) is 0.462. The number of carbonyl (C=O) groups is 1. The number of nitrogens with one attached hydrogen (secondary N) is 1. The average Bonchev–Trinajstić information content (AvgIpc) is 2.44. The van der Waals surface area contributed by atoms with Gasteiger partial charge in [0.15, 0.2) is 0 Å². The number of primary amides is 1. The molecule has 0 spiro atoms. The van der Waals surface area contributed by atoms with Gasteiger partial charge in [-0.15, -0.1) is 0 Å². The molecule has 0 saturated carbocycles. The number of ether oxygens (including phenoxy) is 1. The molecule has 7 nitrogen and oxygen atoms in total. The molecule has 3 N–H and O–H groups in total. The van der Waals surface area contributed by atoms with Crippen LogP contribution in [0.2, 0.25) is 0 Å². The van der Waals surface area contributed by atoms with E-state index in [2.05, 4.69) is 21.2 Å². The van der Waals surface area contributed by atoms with E-state index < -0.39 is 16.4 Å². The van der Waals surface area contributed by atoms with Crippen molar-refractivity contribution in [3.8, 4) is 5.75 Å². The Morgan fingerprint density at radius 1 is 1.57 bits per heavy atom. The van der Waals surface area contributed by atoms with Crippen molar-refractivity contribution in [2.45, 2.75) is 25.3 Å². The lowest BCUT2D eigenvalue weighted by atomic mass is 9.95. The van der Waals surface area contributed by atoms with Crippen molar-refractivity contribution in [1.82, 2.24) is 5.32 Å². The number of carbonyl (C=O) groups excluding carboxylic acids is 1. The summed E-state index contributed by atoms with van der Waals surface area (Å²) in [7, 11) is 1.67. The van der Waals surface area contributed by atoms with Gasteiger partial charge in [0.25, 0.3) is 5.69 Å². The van der Waals surface area contributed by atoms with E-state index in [1.807, 2.05) is 0 Å². The largest absolute Gasteiger partial charge is 0.492 e. The average molecular weight is 360 g/mol. The number of likely N-dealkylation sites (N-methyl/N-ethyl adjacent to an activating group) is 1. The van der Waals surface area contributed by atoms with E-state index in [-0.39, 0.29) is 5.69 Å². The number of benzene rings is 1. The van der Waals surface area contributed by atoms with Crippen LogP contribution in [0.1, 0.15) is 19.8 Å². The van der Waals surface area contributed by atoms with Gasteiger partial charge in [-0.1, -0.05) is 6.07 Å². The Bertz CT molecular complexity index is 538. The molecule has 0 radical (unpaired) electrons. The second kappa shape index (κ2) is 7.37. The Morgan fingerprint density at radius 3 is 2.76 bits per heavy atom. The van der Waals surface area contributed by atoms with Gasteiger partial charge >= 0.3 is 0 Å². The summed E-state index contributed by atoms with van der Waals surface area (Å²) in [6.45, 7) is 2.04. The first-order valence-corrected chi connectivity index (χ1v) is 7.15. The molecule has 116 valence electrons. The highest BCUT2D eigenvalue weighted by Crippen LogP contribution is 2.33. The minimum atomic E-state index is -0.788. The molecule has 1 rings (SSSR count). The van der Waals surface area contributed by atoms with Crippen molar-refractivity contribution in [2.24, 2.45) is 5.73 Å². The fourth-order valence-electron chi connectivity index (χ4n) is 1.73. The topological polar surface area (TPSA) is 107 Å². The number of hydrogen-bond donors (Lipinski definition) is 2. The lowest BCUT2D eigenvalue weighted by molar-refractivity contribution is -0.385. The first-order chi connectivity index (χ1) is 9.81. The van der Waals surface area contributed by atoms with Crippen LogP contribution in [0.15, 0.2) is 22.7 Å². The quantitative estimate of drug-likeness (QED) is 0.419. The summed E-state index contributed by atoms with van der Waals surface area (Å²) in [5.41, 5.74) is 4.49. The molecule has 0 fully saturated rings. The maximum Gasteiger partial charge on any atom is 0.287 e. The number of amides is 1. The van der Waals surface area contributed by atoms with Crippen LogP contribution in [0, 0.1) is 10.1 Å². The van der Waals surface area contributed by atoms with Crippen molar-refractivity contribution >= 4 is 27.5 Å². The zero-order valence-corrected chi connectivity index (χ0v) is 13.5. The Labute approximate surface area is 131 Å². The van der Waals surface area contributed by atoms with Crippen molar-refractivity contribution < 1.29 is 14.5 Å². The van der Waals surface area contributed by atoms with E-state index in [9.17, 15) is 14.9 Å².